The highest BCUT2D eigenvalue weighted by molar-refractivity contribution is 5.73. The molecule has 1 aliphatic heterocycles. The van der Waals surface area contributed by atoms with Crippen LogP contribution in [0.25, 0.3) is 0 Å². The van der Waals surface area contributed by atoms with Crippen molar-refractivity contribution in [2.45, 2.75) is 38.8 Å². The maximum Gasteiger partial charge on any atom is 0.252 e. The van der Waals surface area contributed by atoms with Crippen LogP contribution in [0.3, 0.4) is 0 Å². The van der Waals surface area contributed by atoms with Gasteiger partial charge in [-0.3, -0.25) is 4.79 Å². The smallest absolute Gasteiger partial charge is 0.252 e. The van der Waals surface area contributed by atoms with Crippen molar-refractivity contribution in [3.05, 3.63) is 11.7 Å². The van der Waals surface area contributed by atoms with E-state index in [4.69, 9.17) is 9.26 Å². The molecule has 0 aromatic carbocycles. The Morgan fingerprint density at radius 2 is 2.45 bits per heavy atom. The molecule has 0 radical (unpaired) electrons. The lowest BCUT2D eigenvalue weighted by Gasteiger charge is -2.33. The standard InChI is InChI=1S/C13H22N4O3/c1-10(18)17(11-4-3-6-14-8-11)7-5-12-15-13(9-19-2)20-16-12/h11,14H,3-9H2,1-2H3. The van der Waals surface area contributed by atoms with Gasteiger partial charge in [-0.2, -0.15) is 4.98 Å². The second-order valence-electron chi connectivity index (χ2n) is 5.00. The van der Waals surface area contributed by atoms with Crippen LogP contribution in [0.15, 0.2) is 4.52 Å². The molecule has 7 nitrogen and oxygen atoms in total. The topological polar surface area (TPSA) is 80.5 Å². The minimum atomic E-state index is 0.0966. The van der Waals surface area contributed by atoms with E-state index in [1.807, 2.05) is 4.90 Å². The summed E-state index contributed by atoms with van der Waals surface area (Å²) in [5, 5.41) is 7.22. The number of aromatic nitrogens is 2. The Kier molecular flexibility index (Phi) is 5.49. The highest BCUT2D eigenvalue weighted by atomic mass is 16.5. The number of hydrogen-bond donors (Lipinski definition) is 1. The normalized spacial score (nSPS) is 19.0. The predicted molar refractivity (Wildman–Crippen MR) is 72.0 cm³/mol. The molecule has 1 N–H and O–H groups in total. The van der Waals surface area contributed by atoms with Crippen molar-refractivity contribution >= 4 is 5.91 Å². The Morgan fingerprint density at radius 3 is 3.10 bits per heavy atom. The zero-order valence-electron chi connectivity index (χ0n) is 12.1. The number of carbonyl (C=O) groups is 1. The van der Waals surface area contributed by atoms with Gasteiger partial charge in [-0.05, 0) is 19.4 Å². The monoisotopic (exact) mass is 282 g/mol. The summed E-state index contributed by atoms with van der Waals surface area (Å²) in [5.41, 5.74) is 0. The molecule has 2 heterocycles. The lowest BCUT2D eigenvalue weighted by atomic mass is 10.1. The molecule has 1 fully saturated rings. The summed E-state index contributed by atoms with van der Waals surface area (Å²) in [4.78, 5) is 17.9. The molecule has 0 saturated carbocycles. The van der Waals surface area contributed by atoms with Crippen molar-refractivity contribution in [3.8, 4) is 0 Å². The molecule has 1 aromatic heterocycles. The van der Waals surface area contributed by atoms with Gasteiger partial charge < -0.3 is 19.5 Å². The van der Waals surface area contributed by atoms with E-state index in [2.05, 4.69) is 15.5 Å². The number of ether oxygens (including phenoxy) is 1. The van der Waals surface area contributed by atoms with Gasteiger partial charge in [0.2, 0.25) is 5.91 Å². The van der Waals surface area contributed by atoms with E-state index in [-0.39, 0.29) is 11.9 Å². The minimum Gasteiger partial charge on any atom is -0.375 e. The molecular weight excluding hydrogens is 260 g/mol. The van der Waals surface area contributed by atoms with Gasteiger partial charge in [0.05, 0.1) is 0 Å². The summed E-state index contributed by atoms with van der Waals surface area (Å²) in [7, 11) is 1.58. The fourth-order valence-corrected chi connectivity index (χ4v) is 2.49. The zero-order chi connectivity index (χ0) is 14.4. The van der Waals surface area contributed by atoms with Crippen molar-refractivity contribution in [2.75, 3.05) is 26.7 Å². The van der Waals surface area contributed by atoms with E-state index in [1.54, 1.807) is 14.0 Å². The van der Waals surface area contributed by atoms with Crippen molar-refractivity contribution in [1.82, 2.24) is 20.4 Å². The van der Waals surface area contributed by atoms with Crippen LogP contribution >= 0.6 is 0 Å². The fraction of sp³-hybridized carbons (Fsp3) is 0.769. The van der Waals surface area contributed by atoms with E-state index in [9.17, 15) is 4.79 Å². The molecule has 1 unspecified atom stereocenters. The van der Waals surface area contributed by atoms with Gasteiger partial charge in [-0.15, -0.1) is 0 Å². The molecule has 7 heteroatoms. The Hall–Kier alpha value is -1.47. The molecule has 0 bridgehead atoms. The van der Waals surface area contributed by atoms with Crippen LogP contribution in [0, 0.1) is 0 Å². The summed E-state index contributed by atoms with van der Waals surface area (Å²) in [6, 6.07) is 0.270. The quantitative estimate of drug-likeness (QED) is 0.811. The summed E-state index contributed by atoms with van der Waals surface area (Å²) in [5.74, 6) is 1.18. The molecule has 20 heavy (non-hydrogen) atoms. The Labute approximate surface area is 118 Å². The first kappa shape index (κ1) is 14.9. The first-order valence-electron chi connectivity index (χ1n) is 6.99. The molecule has 1 amide bonds. The first-order valence-corrected chi connectivity index (χ1v) is 6.99. The second kappa shape index (κ2) is 7.35. The van der Waals surface area contributed by atoms with E-state index in [0.717, 1.165) is 25.9 Å². The molecule has 1 aliphatic rings. The fourth-order valence-electron chi connectivity index (χ4n) is 2.49. The summed E-state index contributed by atoms with van der Waals surface area (Å²) >= 11 is 0. The average Bonchev–Trinajstić information content (AvgIpc) is 2.88. The van der Waals surface area contributed by atoms with Crippen LogP contribution in [0.1, 0.15) is 31.5 Å². The van der Waals surface area contributed by atoms with Gasteiger partial charge in [0.1, 0.15) is 6.61 Å². The Bertz CT molecular complexity index is 429. The molecular formula is C13H22N4O3. The van der Waals surface area contributed by atoms with Crippen LogP contribution < -0.4 is 5.32 Å². The molecule has 0 aliphatic carbocycles. The Morgan fingerprint density at radius 1 is 1.60 bits per heavy atom. The van der Waals surface area contributed by atoms with Crippen LogP contribution in [0.4, 0.5) is 0 Å². The predicted octanol–water partition coefficient (Wildman–Crippen LogP) is 0.359. The zero-order valence-corrected chi connectivity index (χ0v) is 12.1. The van der Waals surface area contributed by atoms with E-state index in [0.29, 0.717) is 31.3 Å². The summed E-state index contributed by atoms with van der Waals surface area (Å²) < 4.78 is 9.97. The van der Waals surface area contributed by atoms with Gasteiger partial charge in [0.25, 0.3) is 5.89 Å². The van der Waals surface area contributed by atoms with E-state index >= 15 is 0 Å². The molecule has 1 atom stereocenters. The van der Waals surface area contributed by atoms with Crippen LogP contribution in [0.5, 0.6) is 0 Å². The van der Waals surface area contributed by atoms with Crippen LogP contribution in [-0.4, -0.2) is 53.7 Å². The second-order valence-corrected chi connectivity index (χ2v) is 5.00. The number of carbonyl (C=O) groups excluding carboxylic acids is 1. The molecule has 2 rings (SSSR count). The molecule has 1 aromatic rings. The average molecular weight is 282 g/mol. The summed E-state index contributed by atoms with van der Waals surface area (Å²) in [6.07, 6.45) is 2.76. The third-order valence-corrected chi connectivity index (χ3v) is 3.47. The third kappa shape index (κ3) is 4.01. The van der Waals surface area contributed by atoms with Crippen molar-refractivity contribution in [2.24, 2.45) is 0 Å². The summed E-state index contributed by atoms with van der Waals surface area (Å²) in [6.45, 7) is 4.44. The molecule has 0 spiro atoms. The van der Waals surface area contributed by atoms with Gasteiger partial charge in [-0.1, -0.05) is 5.16 Å². The Balaban J connectivity index is 1.89. The number of hydrogen-bond acceptors (Lipinski definition) is 6. The highest BCUT2D eigenvalue weighted by Crippen LogP contribution is 2.11. The highest BCUT2D eigenvalue weighted by Gasteiger charge is 2.23. The minimum absolute atomic E-state index is 0.0966. The van der Waals surface area contributed by atoms with Crippen LogP contribution in [0.2, 0.25) is 0 Å². The van der Waals surface area contributed by atoms with Gasteiger partial charge >= 0.3 is 0 Å². The lowest BCUT2D eigenvalue weighted by Crippen LogP contribution is -2.48. The largest absolute Gasteiger partial charge is 0.375 e. The molecule has 1 saturated heterocycles. The molecule has 112 valence electrons. The number of methoxy groups -OCH3 is 1. The van der Waals surface area contributed by atoms with Crippen molar-refractivity contribution in [1.29, 1.82) is 0 Å². The number of rotatable bonds is 6. The first-order chi connectivity index (χ1) is 9.70. The maximum atomic E-state index is 11.8. The third-order valence-electron chi connectivity index (χ3n) is 3.47. The van der Waals surface area contributed by atoms with Gasteiger partial charge in [0, 0.05) is 39.6 Å². The van der Waals surface area contributed by atoms with Gasteiger partial charge in [0.15, 0.2) is 5.82 Å². The van der Waals surface area contributed by atoms with E-state index in [1.165, 1.54) is 0 Å². The number of nitrogens with one attached hydrogen (secondary N) is 1. The van der Waals surface area contributed by atoms with Gasteiger partial charge in [-0.25, -0.2) is 0 Å². The number of nitrogens with zero attached hydrogens (tertiary/aromatic N) is 3. The van der Waals surface area contributed by atoms with Crippen molar-refractivity contribution < 1.29 is 14.1 Å². The van der Waals surface area contributed by atoms with Crippen LogP contribution in [-0.2, 0) is 22.6 Å². The number of amides is 1. The maximum absolute atomic E-state index is 11.8. The number of piperidine rings is 1. The van der Waals surface area contributed by atoms with Crippen molar-refractivity contribution in [3.63, 3.8) is 0 Å². The lowest BCUT2D eigenvalue weighted by molar-refractivity contribution is -0.131. The van der Waals surface area contributed by atoms with E-state index < -0.39 is 0 Å². The SMILES string of the molecule is COCc1nc(CCN(C(C)=O)C2CCCNC2)no1.